The van der Waals surface area contributed by atoms with Crippen LogP contribution in [0.2, 0.25) is 0 Å². The number of hydrogen-bond donors (Lipinski definition) is 0. The van der Waals surface area contributed by atoms with Gasteiger partial charge in [0.25, 0.3) is 0 Å². The normalized spacial score (nSPS) is 20.6. The Morgan fingerprint density at radius 3 is 3.00 bits per heavy atom. The molecule has 2 aliphatic rings. The van der Waals surface area contributed by atoms with Crippen LogP contribution in [0.5, 0.6) is 5.75 Å². The first kappa shape index (κ1) is 9.90. The highest BCUT2D eigenvalue weighted by molar-refractivity contribution is 5.93. The lowest BCUT2D eigenvalue weighted by Gasteiger charge is -2.18. The lowest BCUT2D eigenvalue weighted by Crippen LogP contribution is -2.11. The maximum Gasteiger partial charge on any atom is 0.346 e. The van der Waals surface area contributed by atoms with Gasteiger partial charge in [0.05, 0.1) is 0 Å². The van der Waals surface area contributed by atoms with Crippen LogP contribution in [0.15, 0.2) is 60.1 Å². The third-order valence-electron chi connectivity index (χ3n) is 2.67. The summed E-state index contributed by atoms with van der Waals surface area (Å²) < 4.78 is 10.9. The molecule has 1 aliphatic heterocycles. The number of carbonyl (C=O) groups excluding carboxylic acids is 1. The van der Waals surface area contributed by atoms with E-state index >= 15 is 0 Å². The summed E-state index contributed by atoms with van der Waals surface area (Å²) in [6.07, 6.45) is 7.96. The summed E-state index contributed by atoms with van der Waals surface area (Å²) in [5, 5.41) is 0. The van der Waals surface area contributed by atoms with Crippen LogP contribution < -0.4 is 4.74 Å². The number of cyclic esters (lactones) is 1. The number of rotatable bonds is 0. The quantitative estimate of drug-likeness (QED) is 0.638. The van der Waals surface area contributed by atoms with Gasteiger partial charge in [0.1, 0.15) is 23.3 Å². The first-order chi connectivity index (χ1) is 8.34. The number of para-hydroxylation sites is 1. The Kier molecular flexibility index (Phi) is 2.29. The minimum Gasteiger partial charge on any atom is -0.456 e. The SMILES string of the molecule is O=C1O/C=C2/CC=CC=C2Oc2ccccc21. The highest BCUT2D eigenvalue weighted by Crippen LogP contribution is 2.29. The predicted molar refractivity (Wildman–Crippen MR) is 62.4 cm³/mol. The van der Waals surface area contributed by atoms with E-state index in [1.807, 2.05) is 24.3 Å². The molecule has 0 spiro atoms. The summed E-state index contributed by atoms with van der Waals surface area (Å²) in [5.74, 6) is 0.874. The zero-order valence-electron chi connectivity index (χ0n) is 9.05. The van der Waals surface area contributed by atoms with Crippen LogP contribution >= 0.6 is 0 Å². The summed E-state index contributed by atoms with van der Waals surface area (Å²) >= 11 is 0. The second-order valence-electron chi connectivity index (χ2n) is 3.81. The molecule has 1 aromatic carbocycles. The first-order valence-electron chi connectivity index (χ1n) is 5.39. The van der Waals surface area contributed by atoms with Gasteiger partial charge in [0, 0.05) is 5.57 Å². The molecule has 3 nitrogen and oxygen atoms in total. The number of carbonyl (C=O) groups is 1. The molecule has 1 aliphatic carbocycles. The molecule has 0 unspecified atom stereocenters. The second-order valence-corrected chi connectivity index (χ2v) is 3.81. The number of allylic oxidation sites excluding steroid dienone is 4. The standard InChI is InChI=1S/C14H10O3/c15-14-11-6-2-4-8-13(11)17-12-7-3-1-5-10(12)9-16-14/h1-4,6-9H,5H2/b10-9-. The van der Waals surface area contributed by atoms with Gasteiger partial charge in [0.15, 0.2) is 0 Å². The number of hydrogen-bond acceptors (Lipinski definition) is 3. The Hall–Kier alpha value is -2.29. The molecule has 0 saturated carbocycles. The highest BCUT2D eigenvalue weighted by Gasteiger charge is 2.20. The smallest absolute Gasteiger partial charge is 0.346 e. The Balaban J connectivity index is 2.10. The van der Waals surface area contributed by atoms with Gasteiger partial charge < -0.3 is 9.47 Å². The first-order valence-corrected chi connectivity index (χ1v) is 5.39. The van der Waals surface area contributed by atoms with Crippen LogP contribution in [0.3, 0.4) is 0 Å². The minimum absolute atomic E-state index is 0.387. The summed E-state index contributed by atoms with van der Waals surface area (Å²) in [6, 6.07) is 7.07. The average Bonchev–Trinajstić information content (AvgIpc) is 2.36. The largest absolute Gasteiger partial charge is 0.456 e. The lowest BCUT2D eigenvalue weighted by molar-refractivity contribution is 0.0652. The van der Waals surface area contributed by atoms with Crippen molar-refractivity contribution in [1.29, 1.82) is 0 Å². The van der Waals surface area contributed by atoms with Gasteiger partial charge in [-0.2, -0.15) is 0 Å². The van der Waals surface area contributed by atoms with E-state index in [9.17, 15) is 4.79 Å². The molecule has 0 atom stereocenters. The number of esters is 1. The van der Waals surface area contributed by atoms with E-state index in [0.29, 0.717) is 17.7 Å². The molecule has 3 rings (SSSR count). The average molecular weight is 226 g/mol. The number of fused-ring (bicyclic) bond motifs is 2. The van der Waals surface area contributed by atoms with Gasteiger partial charge in [-0.1, -0.05) is 24.3 Å². The van der Waals surface area contributed by atoms with Crippen LogP contribution in [0.25, 0.3) is 0 Å². The van der Waals surface area contributed by atoms with Gasteiger partial charge in [0.2, 0.25) is 0 Å². The number of benzene rings is 1. The molecule has 1 aromatic rings. The van der Waals surface area contributed by atoms with E-state index < -0.39 is 0 Å². The molecule has 3 heteroatoms. The molecule has 0 bridgehead atoms. The fourth-order valence-corrected chi connectivity index (χ4v) is 1.79. The molecule has 0 aromatic heterocycles. The zero-order chi connectivity index (χ0) is 11.7. The van der Waals surface area contributed by atoms with Crippen molar-refractivity contribution in [2.75, 3.05) is 0 Å². The van der Waals surface area contributed by atoms with E-state index in [1.165, 1.54) is 6.26 Å². The van der Waals surface area contributed by atoms with Crippen LogP contribution in [0.4, 0.5) is 0 Å². The molecular formula is C14H10O3. The third kappa shape index (κ3) is 1.76. The molecule has 0 saturated heterocycles. The van der Waals surface area contributed by atoms with Crippen LogP contribution in [-0.4, -0.2) is 5.97 Å². The Labute approximate surface area is 98.7 Å². The van der Waals surface area contributed by atoms with Gasteiger partial charge in [-0.3, -0.25) is 0 Å². The van der Waals surface area contributed by atoms with E-state index in [1.54, 1.807) is 18.2 Å². The maximum absolute atomic E-state index is 11.7. The van der Waals surface area contributed by atoms with Crippen molar-refractivity contribution in [3.05, 3.63) is 65.7 Å². The Bertz CT molecular complexity index is 565. The summed E-state index contributed by atoms with van der Waals surface area (Å²) in [6.45, 7) is 0. The lowest BCUT2D eigenvalue weighted by atomic mass is 10.1. The monoisotopic (exact) mass is 226 g/mol. The van der Waals surface area contributed by atoms with Crippen molar-refractivity contribution < 1.29 is 14.3 Å². The zero-order valence-corrected chi connectivity index (χ0v) is 9.05. The van der Waals surface area contributed by atoms with Crippen molar-refractivity contribution in [3.63, 3.8) is 0 Å². The topological polar surface area (TPSA) is 35.5 Å². The minimum atomic E-state index is -0.387. The van der Waals surface area contributed by atoms with Crippen molar-refractivity contribution in [2.24, 2.45) is 0 Å². The van der Waals surface area contributed by atoms with Crippen molar-refractivity contribution in [1.82, 2.24) is 0 Å². The Morgan fingerprint density at radius 1 is 1.18 bits per heavy atom. The number of ether oxygens (including phenoxy) is 2. The second kappa shape index (κ2) is 3.94. The van der Waals surface area contributed by atoms with Gasteiger partial charge in [-0.15, -0.1) is 0 Å². The third-order valence-corrected chi connectivity index (χ3v) is 2.67. The fourth-order valence-electron chi connectivity index (χ4n) is 1.79. The van der Waals surface area contributed by atoms with Crippen LogP contribution in [0.1, 0.15) is 16.8 Å². The van der Waals surface area contributed by atoms with Crippen molar-refractivity contribution >= 4 is 5.97 Å². The van der Waals surface area contributed by atoms with Crippen molar-refractivity contribution in [3.8, 4) is 5.75 Å². The van der Waals surface area contributed by atoms with Crippen LogP contribution in [-0.2, 0) is 4.74 Å². The Morgan fingerprint density at radius 2 is 2.06 bits per heavy atom. The molecule has 0 fully saturated rings. The van der Waals surface area contributed by atoms with Gasteiger partial charge in [-0.05, 0) is 24.6 Å². The summed E-state index contributed by atoms with van der Waals surface area (Å²) in [7, 11) is 0. The van der Waals surface area contributed by atoms with Crippen molar-refractivity contribution in [2.45, 2.75) is 6.42 Å². The maximum atomic E-state index is 11.7. The molecule has 17 heavy (non-hydrogen) atoms. The molecule has 84 valence electrons. The highest BCUT2D eigenvalue weighted by atomic mass is 16.5. The summed E-state index contributed by atoms with van der Waals surface area (Å²) in [4.78, 5) is 11.7. The molecular weight excluding hydrogens is 216 g/mol. The van der Waals surface area contributed by atoms with E-state index in [4.69, 9.17) is 9.47 Å². The fraction of sp³-hybridized carbons (Fsp3) is 0.0714. The van der Waals surface area contributed by atoms with E-state index in [-0.39, 0.29) is 5.97 Å². The molecule has 0 N–H and O–H groups in total. The van der Waals surface area contributed by atoms with E-state index in [0.717, 1.165) is 11.3 Å². The molecule has 1 heterocycles. The summed E-state index contributed by atoms with van der Waals surface area (Å²) in [5.41, 5.74) is 1.31. The van der Waals surface area contributed by atoms with Gasteiger partial charge >= 0.3 is 5.97 Å². The predicted octanol–water partition coefficient (Wildman–Crippen LogP) is 2.96. The molecule has 0 radical (unpaired) electrons. The van der Waals surface area contributed by atoms with E-state index in [2.05, 4.69) is 0 Å². The molecule has 0 amide bonds. The van der Waals surface area contributed by atoms with Crippen LogP contribution in [0, 0.1) is 0 Å². The van der Waals surface area contributed by atoms with Gasteiger partial charge in [-0.25, -0.2) is 4.79 Å².